The van der Waals surface area contributed by atoms with Crippen molar-refractivity contribution < 1.29 is 14.3 Å². The standard InChI is InChI=1S/C21H22Cl2N4O4/c1-21(2,3)31-20(29)26-8-6-14(7-9-26)30-18-11-19(28)27(25-17(18)12-24)13-4-5-15(22)16(23)10-13/h4-5,10-11,14H,6-9H2,1-3H3. The van der Waals surface area contributed by atoms with E-state index in [4.69, 9.17) is 32.7 Å². The molecule has 0 atom stereocenters. The monoisotopic (exact) mass is 464 g/mol. The Morgan fingerprint density at radius 1 is 1.19 bits per heavy atom. The summed E-state index contributed by atoms with van der Waals surface area (Å²) < 4.78 is 12.4. The Bertz CT molecular complexity index is 1080. The van der Waals surface area contributed by atoms with Gasteiger partial charge in [-0.2, -0.15) is 9.94 Å². The average molecular weight is 465 g/mol. The largest absolute Gasteiger partial charge is 0.487 e. The first-order chi connectivity index (χ1) is 14.6. The van der Waals surface area contributed by atoms with Crippen LogP contribution in [-0.2, 0) is 4.74 Å². The number of likely N-dealkylation sites (tertiary alicyclic amines) is 1. The van der Waals surface area contributed by atoms with Gasteiger partial charge in [-0.05, 0) is 39.0 Å². The number of hydrogen-bond acceptors (Lipinski definition) is 6. The number of hydrogen-bond donors (Lipinski definition) is 0. The summed E-state index contributed by atoms with van der Waals surface area (Å²) in [7, 11) is 0. The summed E-state index contributed by atoms with van der Waals surface area (Å²) in [6.07, 6.45) is 0.461. The molecule has 0 spiro atoms. The normalized spacial score (nSPS) is 14.8. The lowest BCUT2D eigenvalue weighted by atomic mass is 10.1. The highest BCUT2D eigenvalue weighted by molar-refractivity contribution is 6.42. The average Bonchev–Trinajstić information content (AvgIpc) is 2.69. The van der Waals surface area contributed by atoms with Crippen LogP contribution in [-0.4, -0.2) is 45.6 Å². The van der Waals surface area contributed by atoms with Crippen LogP contribution >= 0.6 is 23.2 Å². The van der Waals surface area contributed by atoms with E-state index in [9.17, 15) is 14.9 Å². The molecule has 0 radical (unpaired) electrons. The van der Waals surface area contributed by atoms with Crippen molar-refractivity contribution in [1.82, 2.24) is 14.7 Å². The van der Waals surface area contributed by atoms with Crippen LogP contribution in [0.15, 0.2) is 29.1 Å². The molecular weight excluding hydrogens is 443 g/mol. The minimum atomic E-state index is -0.559. The number of rotatable bonds is 3. The van der Waals surface area contributed by atoms with Crippen LogP contribution in [0.4, 0.5) is 4.79 Å². The maximum Gasteiger partial charge on any atom is 0.410 e. The molecule has 164 valence electrons. The number of halogens is 2. The Kier molecular flexibility index (Phi) is 6.77. The molecule has 0 saturated carbocycles. The van der Waals surface area contributed by atoms with Gasteiger partial charge in [-0.15, -0.1) is 5.10 Å². The van der Waals surface area contributed by atoms with Gasteiger partial charge in [0.1, 0.15) is 17.8 Å². The van der Waals surface area contributed by atoms with E-state index in [1.807, 2.05) is 26.8 Å². The lowest BCUT2D eigenvalue weighted by Gasteiger charge is -2.33. The first kappa shape index (κ1) is 22.9. The Hall–Kier alpha value is -2.76. The van der Waals surface area contributed by atoms with Gasteiger partial charge in [0.15, 0.2) is 5.75 Å². The topological polar surface area (TPSA) is 97.4 Å². The Morgan fingerprint density at radius 3 is 2.45 bits per heavy atom. The quantitative estimate of drug-likeness (QED) is 0.675. The van der Waals surface area contributed by atoms with E-state index in [2.05, 4.69) is 5.10 Å². The highest BCUT2D eigenvalue weighted by atomic mass is 35.5. The lowest BCUT2D eigenvalue weighted by molar-refractivity contribution is 0.0126. The number of amides is 1. The van der Waals surface area contributed by atoms with Gasteiger partial charge in [-0.1, -0.05) is 23.2 Å². The van der Waals surface area contributed by atoms with Crippen LogP contribution in [0.3, 0.4) is 0 Å². The summed E-state index contributed by atoms with van der Waals surface area (Å²) in [6.45, 7) is 6.36. The number of benzene rings is 1. The van der Waals surface area contributed by atoms with Crippen molar-refractivity contribution in [2.24, 2.45) is 0 Å². The molecule has 10 heteroatoms. The van der Waals surface area contributed by atoms with Crippen molar-refractivity contribution in [3.05, 3.63) is 50.4 Å². The van der Waals surface area contributed by atoms with Crippen molar-refractivity contribution in [2.45, 2.75) is 45.3 Å². The molecule has 0 unspecified atom stereocenters. The summed E-state index contributed by atoms with van der Waals surface area (Å²) in [5.74, 6) is 0.111. The van der Waals surface area contributed by atoms with E-state index in [0.717, 1.165) is 4.68 Å². The first-order valence-corrected chi connectivity index (χ1v) is 10.5. The molecule has 1 aromatic carbocycles. The predicted molar refractivity (Wildman–Crippen MR) is 116 cm³/mol. The zero-order chi connectivity index (χ0) is 22.8. The van der Waals surface area contributed by atoms with Gasteiger partial charge in [0, 0.05) is 25.9 Å². The molecule has 0 N–H and O–H groups in total. The summed E-state index contributed by atoms with van der Waals surface area (Å²) in [6, 6.07) is 7.81. The van der Waals surface area contributed by atoms with Gasteiger partial charge in [0.25, 0.3) is 5.56 Å². The lowest BCUT2D eigenvalue weighted by Crippen LogP contribution is -2.44. The number of nitrogens with zero attached hydrogens (tertiary/aromatic N) is 4. The van der Waals surface area contributed by atoms with Gasteiger partial charge in [-0.3, -0.25) is 4.79 Å². The molecule has 1 aliphatic rings. The highest BCUT2D eigenvalue weighted by Gasteiger charge is 2.28. The molecule has 0 aliphatic carbocycles. The van der Waals surface area contributed by atoms with Crippen molar-refractivity contribution >= 4 is 29.3 Å². The molecular formula is C21H22Cl2N4O4. The Balaban J connectivity index is 1.72. The molecule has 2 aromatic rings. The molecule has 0 bridgehead atoms. The minimum Gasteiger partial charge on any atom is -0.487 e. The molecule has 1 amide bonds. The molecule has 1 fully saturated rings. The molecule has 1 aliphatic heterocycles. The van der Waals surface area contributed by atoms with Crippen LogP contribution in [0.2, 0.25) is 10.0 Å². The van der Waals surface area contributed by atoms with E-state index in [1.54, 1.807) is 17.0 Å². The van der Waals surface area contributed by atoms with E-state index < -0.39 is 11.2 Å². The van der Waals surface area contributed by atoms with Crippen LogP contribution in [0.25, 0.3) is 5.69 Å². The fraction of sp³-hybridized carbons (Fsp3) is 0.429. The maximum atomic E-state index is 12.6. The zero-order valence-electron chi connectivity index (χ0n) is 17.4. The van der Waals surface area contributed by atoms with Gasteiger partial charge in [-0.25, -0.2) is 4.79 Å². The SMILES string of the molecule is CC(C)(C)OC(=O)N1CCC(Oc2cc(=O)n(-c3ccc(Cl)c(Cl)c3)nc2C#N)CC1. The molecule has 1 aromatic heterocycles. The third-order valence-corrected chi connectivity index (χ3v) is 5.28. The van der Waals surface area contributed by atoms with Crippen LogP contribution in [0.1, 0.15) is 39.3 Å². The van der Waals surface area contributed by atoms with Gasteiger partial charge < -0.3 is 14.4 Å². The summed E-state index contributed by atoms with van der Waals surface area (Å²) >= 11 is 11.9. The van der Waals surface area contributed by atoms with E-state index in [0.29, 0.717) is 36.6 Å². The molecule has 31 heavy (non-hydrogen) atoms. The van der Waals surface area contributed by atoms with E-state index in [1.165, 1.54) is 12.1 Å². The molecule has 3 rings (SSSR count). The number of piperidine rings is 1. The maximum absolute atomic E-state index is 12.6. The van der Waals surface area contributed by atoms with Crippen LogP contribution in [0, 0.1) is 11.3 Å². The second kappa shape index (κ2) is 9.16. The highest BCUT2D eigenvalue weighted by Crippen LogP contribution is 2.25. The third kappa shape index (κ3) is 5.69. The zero-order valence-corrected chi connectivity index (χ0v) is 18.9. The van der Waals surface area contributed by atoms with Crippen LogP contribution < -0.4 is 10.3 Å². The molecule has 8 nitrogen and oxygen atoms in total. The Morgan fingerprint density at radius 2 is 1.87 bits per heavy atom. The molecule has 1 saturated heterocycles. The van der Waals surface area contributed by atoms with Crippen molar-refractivity contribution in [1.29, 1.82) is 5.26 Å². The number of aromatic nitrogens is 2. The van der Waals surface area contributed by atoms with E-state index in [-0.39, 0.29) is 28.7 Å². The predicted octanol–water partition coefficient (Wildman–Crippen LogP) is 4.19. The van der Waals surface area contributed by atoms with Crippen molar-refractivity contribution in [2.75, 3.05) is 13.1 Å². The number of nitriles is 1. The van der Waals surface area contributed by atoms with Crippen molar-refractivity contribution in [3.8, 4) is 17.5 Å². The summed E-state index contributed by atoms with van der Waals surface area (Å²) in [5, 5.41) is 14.2. The second-order valence-electron chi connectivity index (χ2n) is 8.10. The first-order valence-electron chi connectivity index (χ1n) is 9.72. The van der Waals surface area contributed by atoms with Gasteiger partial charge >= 0.3 is 6.09 Å². The number of carbonyl (C=O) groups is 1. The summed E-state index contributed by atoms with van der Waals surface area (Å²) in [5.41, 5.74) is -0.678. The fourth-order valence-corrected chi connectivity index (χ4v) is 3.36. The van der Waals surface area contributed by atoms with E-state index >= 15 is 0 Å². The van der Waals surface area contributed by atoms with Crippen molar-refractivity contribution in [3.63, 3.8) is 0 Å². The van der Waals surface area contributed by atoms with Crippen LogP contribution in [0.5, 0.6) is 5.75 Å². The smallest absolute Gasteiger partial charge is 0.410 e. The fourth-order valence-electron chi connectivity index (χ4n) is 3.07. The summed E-state index contributed by atoms with van der Waals surface area (Å²) in [4.78, 5) is 26.4. The Labute approximate surface area is 189 Å². The van der Waals surface area contributed by atoms with Gasteiger partial charge in [0.05, 0.1) is 21.8 Å². The van der Waals surface area contributed by atoms with Gasteiger partial charge in [0.2, 0.25) is 5.69 Å². The minimum absolute atomic E-state index is 0.0276. The third-order valence-electron chi connectivity index (χ3n) is 4.54. The number of carbonyl (C=O) groups excluding carboxylic acids is 1. The second-order valence-corrected chi connectivity index (χ2v) is 8.92. The molecule has 2 heterocycles. The number of ether oxygens (including phenoxy) is 2.